The Bertz CT molecular complexity index is 322. The topological polar surface area (TPSA) is 32.5 Å². The lowest BCUT2D eigenvalue weighted by atomic mass is 10.1. The Labute approximate surface area is 96.4 Å². The summed E-state index contributed by atoms with van der Waals surface area (Å²) in [5.41, 5.74) is 0.916. The summed E-state index contributed by atoms with van der Waals surface area (Å²) < 4.78 is 7.08. The zero-order chi connectivity index (χ0) is 10.4. The Morgan fingerprint density at radius 1 is 1.33 bits per heavy atom. The van der Waals surface area contributed by atoms with E-state index in [1.165, 1.54) is 0 Å². The van der Waals surface area contributed by atoms with Gasteiger partial charge < -0.3 is 22.3 Å². The van der Waals surface area contributed by atoms with E-state index < -0.39 is 0 Å². The number of hydrogen-bond donors (Lipinski definition) is 1. The molecule has 0 amide bonds. The second kappa shape index (κ2) is 7.12. The van der Waals surface area contributed by atoms with Gasteiger partial charge in [-0.1, -0.05) is 18.2 Å². The van der Waals surface area contributed by atoms with Crippen LogP contribution in [0, 0.1) is 0 Å². The summed E-state index contributed by atoms with van der Waals surface area (Å²) in [6.45, 7) is 0.579. The maximum Gasteiger partial charge on any atom is 0.323 e. The van der Waals surface area contributed by atoms with E-state index in [2.05, 4.69) is 0 Å². The Balaban J connectivity index is 0.00000196. The third-order valence-corrected chi connectivity index (χ3v) is 1.77. The van der Waals surface area contributed by atoms with E-state index in [-0.39, 0.29) is 12.4 Å². The molecule has 84 valence electrons. The predicted molar refractivity (Wildman–Crippen MR) is 55.9 cm³/mol. The fourth-order valence-corrected chi connectivity index (χ4v) is 1.09. The Morgan fingerprint density at radius 2 is 2.00 bits per heavy atom. The highest BCUT2D eigenvalue weighted by Crippen LogP contribution is 2.15. The van der Waals surface area contributed by atoms with Gasteiger partial charge in [0, 0.05) is 6.42 Å². The molecule has 0 fully saturated rings. The largest absolute Gasteiger partial charge is 1.00 e. The molecule has 0 saturated carbocycles. The zero-order valence-electron chi connectivity index (χ0n) is 8.98. The van der Waals surface area contributed by atoms with Crippen molar-refractivity contribution < 1.29 is 26.8 Å². The minimum atomic E-state index is 0. The number of phenolic OH excluding ortho intramolecular Hbond substituents is 1. The third-order valence-electron chi connectivity index (χ3n) is 1.77. The van der Waals surface area contributed by atoms with E-state index in [1.807, 2.05) is 36.9 Å². The molecule has 0 radical (unpaired) electrons. The summed E-state index contributed by atoms with van der Waals surface area (Å²) in [7, 11) is 3.81. The highest BCUT2D eigenvalue weighted by Gasteiger charge is 1.98. The molecule has 0 heterocycles. The molecule has 0 spiro atoms. The molecule has 0 atom stereocenters. The van der Waals surface area contributed by atoms with Crippen molar-refractivity contribution in [2.24, 2.45) is 0 Å². The minimum Gasteiger partial charge on any atom is -1.00 e. The molecule has 0 aliphatic heterocycles. The highest BCUT2D eigenvalue weighted by atomic mass is 35.5. The standard InChI is InChI=1S/C11H15NO2.ClH/c1-12(2)9-14-8-7-10-5-3-4-6-11(10)13;/h3-6,9H,7-8H2,1-2H3;1H. The molecule has 3 nitrogen and oxygen atoms in total. The van der Waals surface area contributed by atoms with Crippen molar-refractivity contribution in [1.82, 2.24) is 0 Å². The molecule has 0 saturated heterocycles. The Morgan fingerprint density at radius 3 is 2.60 bits per heavy atom. The van der Waals surface area contributed by atoms with Crippen LogP contribution in [0.3, 0.4) is 0 Å². The number of phenols is 1. The maximum absolute atomic E-state index is 9.44. The van der Waals surface area contributed by atoms with Crippen LogP contribution in [0.15, 0.2) is 24.3 Å². The van der Waals surface area contributed by atoms with E-state index in [1.54, 1.807) is 12.5 Å². The number of halogens is 1. The van der Waals surface area contributed by atoms with Crippen LogP contribution in [0.4, 0.5) is 0 Å². The van der Waals surface area contributed by atoms with Gasteiger partial charge in [-0.15, -0.1) is 0 Å². The van der Waals surface area contributed by atoms with Crippen LogP contribution in [0.5, 0.6) is 5.75 Å². The first-order valence-electron chi connectivity index (χ1n) is 4.58. The summed E-state index contributed by atoms with van der Waals surface area (Å²) in [5, 5.41) is 9.44. The summed E-state index contributed by atoms with van der Waals surface area (Å²) in [6, 6.07) is 7.30. The van der Waals surface area contributed by atoms with Crippen LogP contribution in [0.2, 0.25) is 0 Å². The van der Waals surface area contributed by atoms with Crippen LogP contribution in [-0.4, -0.2) is 36.8 Å². The molecule has 1 N–H and O–H groups in total. The van der Waals surface area contributed by atoms with Crippen molar-refractivity contribution in [3.8, 4) is 5.75 Å². The van der Waals surface area contributed by atoms with Crippen molar-refractivity contribution in [2.45, 2.75) is 6.42 Å². The first kappa shape index (κ1) is 13.8. The van der Waals surface area contributed by atoms with Crippen LogP contribution < -0.4 is 12.4 Å². The van der Waals surface area contributed by atoms with Crippen molar-refractivity contribution in [3.05, 3.63) is 29.8 Å². The highest BCUT2D eigenvalue weighted by molar-refractivity contribution is 5.39. The smallest absolute Gasteiger partial charge is 0.323 e. The lowest BCUT2D eigenvalue weighted by molar-refractivity contribution is -0.468. The Hall–Kier alpha value is -1.22. The van der Waals surface area contributed by atoms with Gasteiger partial charge in [0.05, 0.1) is 6.61 Å². The first-order valence-corrected chi connectivity index (χ1v) is 4.58. The van der Waals surface area contributed by atoms with Crippen LogP contribution in [0.25, 0.3) is 0 Å². The summed E-state index contributed by atoms with van der Waals surface area (Å²) in [6.07, 6.45) is 2.37. The quantitative estimate of drug-likeness (QED) is 0.288. The van der Waals surface area contributed by atoms with Crippen LogP contribution in [0.1, 0.15) is 5.56 Å². The van der Waals surface area contributed by atoms with E-state index in [0.29, 0.717) is 12.4 Å². The van der Waals surface area contributed by atoms with E-state index in [9.17, 15) is 5.11 Å². The molecular formula is C11H16ClNO2. The van der Waals surface area contributed by atoms with Gasteiger partial charge in [0.1, 0.15) is 19.8 Å². The fraction of sp³-hybridized carbons (Fsp3) is 0.364. The van der Waals surface area contributed by atoms with Gasteiger partial charge >= 0.3 is 6.40 Å². The van der Waals surface area contributed by atoms with Gasteiger partial charge in [0.2, 0.25) is 0 Å². The van der Waals surface area contributed by atoms with E-state index >= 15 is 0 Å². The predicted octanol–water partition coefficient (Wildman–Crippen LogP) is -1.74. The summed E-state index contributed by atoms with van der Waals surface area (Å²) in [5.74, 6) is 0.334. The van der Waals surface area contributed by atoms with Crippen molar-refractivity contribution in [3.63, 3.8) is 0 Å². The number of ether oxygens (including phenoxy) is 1. The number of rotatable bonds is 4. The number of para-hydroxylation sites is 1. The summed E-state index contributed by atoms with van der Waals surface area (Å²) in [4.78, 5) is 0. The average Bonchev–Trinajstić information content (AvgIpc) is 2.15. The molecule has 0 unspecified atom stereocenters. The molecule has 15 heavy (non-hydrogen) atoms. The van der Waals surface area contributed by atoms with Gasteiger partial charge in [-0.25, -0.2) is 4.58 Å². The number of aromatic hydroxyl groups is 1. The normalized spacial score (nSPS) is 8.93. The number of benzene rings is 1. The summed E-state index contributed by atoms with van der Waals surface area (Å²) >= 11 is 0. The third kappa shape index (κ3) is 5.27. The molecule has 1 aromatic rings. The molecule has 1 rings (SSSR count). The van der Waals surface area contributed by atoms with Crippen molar-refractivity contribution in [1.29, 1.82) is 0 Å². The average molecular weight is 230 g/mol. The molecule has 0 aromatic heterocycles. The monoisotopic (exact) mass is 229 g/mol. The lowest BCUT2D eigenvalue weighted by Gasteiger charge is -2.02. The van der Waals surface area contributed by atoms with Gasteiger partial charge in [0.15, 0.2) is 0 Å². The maximum atomic E-state index is 9.44. The molecule has 0 aliphatic carbocycles. The second-order valence-corrected chi connectivity index (χ2v) is 3.32. The molecule has 4 heteroatoms. The first-order chi connectivity index (χ1) is 6.70. The number of hydrogen-bond acceptors (Lipinski definition) is 2. The number of nitrogens with zero attached hydrogens (tertiary/aromatic N) is 1. The van der Waals surface area contributed by atoms with Crippen LogP contribution in [-0.2, 0) is 11.2 Å². The van der Waals surface area contributed by atoms with E-state index in [4.69, 9.17) is 4.74 Å². The van der Waals surface area contributed by atoms with Gasteiger partial charge in [0.25, 0.3) is 0 Å². The van der Waals surface area contributed by atoms with E-state index in [0.717, 1.165) is 12.0 Å². The molecular weight excluding hydrogens is 214 g/mol. The van der Waals surface area contributed by atoms with Crippen molar-refractivity contribution >= 4 is 6.40 Å². The van der Waals surface area contributed by atoms with Gasteiger partial charge in [-0.3, -0.25) is 0 Å². The molecule has 1 aromatic carbocycles. The van der Waals surface area contributed by atoms with Gasteiger partial charge in [-0.05, 0) is 11.6 Å². The van der Waals surface area contributed by atoms with Gasteiger partial charge in [-0.2, -0.15) is 0 Å². The zero-order valence-corrected chi connectivity index (χ0v) is 9.74. The second-order valence-electron chi connectivity index (χ2n) is 3.32. The lowest BCUT2D eigenvalue weighted by Crippen LogP contribution is -3.00. The van der Waals surface area contributed by atoms with Crippen molar-refractivity contribution in [2.75, 3.05) is 20.7 Å². The molecule has 0 aliphatic rings. The SMILES string of the molecule is C[N+](C)=COCCc1ccccc1O.[Cl-]. The molecule has 0 bridgehead atoms. The Kier molecular flexibility index (Phi) is 6.54. The minimum absolute atomic E-state index is 0. The fourth-order valence-electron chi connectivity index (χ4n) is 1.09. The van der Waals surface area contributed by atoms with Crippen LogP contribution >= 0.6 is 0 Å².